The highest BCUT2D eigenvalue weighted by atomic mass is 32.3. The summed E-state index contributed by atoms with van der Waals surface area (Å²) in [5.74, 6) is -2.23. The fourth-order valence-corrected chi connectivity index (χ4v) is 8.30. The minimum absolute atomic E-state index is 0.142. The van der Waals surface area contributed by atoms with Crippen molar-refractivity contribution in [1.29, 1.82) is 0 Å². The Labute approximate surface area is 262 Å². The molecule has 0 spiro atoms. The van der Waals surface area contributed by atoms with Crippen LogP contribution >= 0.6 is 0 Å². The molecule has 0 saturated heterocycles. The molecule has 6 N–H and O–H groups in total. The van der Waals surface area contributed by atoms with Gasteiger partial charge < -0.3 is 20.9 Å². The highest BCUT2D eigenvalue weighted by Gasteiger charge is 2.62. The Morgan fingerprint density at radius 3 is 1.64 bits per heavy atom. The third-order valence-electron chi connectivity index (χ3n) is 6.53. The van der Waals surface area contributed by atoms with Crippen molar-refractivity contribution in [2.24, 2.45) is 0 Å². The molecule has 12 nitrogen and oxygen atoms in total. The van der Waals surface area contributed by atoms with E-state index in [1.807, 2.05) is 0 Å². The summed E-state index contributed by atoms with van der Waals surface area (Å²) in [5.41, 5.74) is 7.25. The third-order valence-corrected chi connectivity index (χ3v) is 11.9. The zero-order chi connectivity index (χ0) is 35.4. The van der Waals surface area contributed by atoms with Crippen molar-refractivity contribution in [3.8, 4) is 17.2 Å². The molecule has 4 rings (SSSR count). The first-order valence-electron chi connectivity index (χ1n) is 12.4. The van der Waals surface area contributed by atoms with Crippen molar-refractivity contribution >= 4 is 41.4 Å². The van der Waals surface area contributed by atoms with Gasteiger partial charge in [0.15, 0.2) is 6.10 Å². The molecule has 1 aliphatic rings. The number of rotatable bonds is 8. The molecule has 0 bridgehead atoms. The minimum Gasteiger partial charge on any atom is -0.482 e. The quantitative estimate of drug-likeness (QED) is 0.139. The van der Waals surface area contributed by atoms with Gasteiger partial charge in [-0.2, -0.15) is 43.2 Å². The van der Waals surface area contributed by atoms with Crippen molar-refractivity contribution < 1.29 is 70.2 Å². The van der Waals surface area contributed by atoms with Crippen LogP contribution in [0.1, 0.15) is 11.1 Å². The van der Waals surface area contributed by atoms with Gasteiger partial charge in [-0.3, -0.25) is 9.11 Å². The highest BCUT2D eigenvalue weighted by Crippen LogP contribution is 2.44. The van der Waals surface area contributed by atoms with Gasteiger partial charge in [-0.25, -0.2) is 8.42 Å². The summed E-state index contributed by atoms with van der Waals surface area (Å²) >= 11 is 0. The molecule has 0 aromatic heterocycles. The molecule has 0 amide bonds. The van der Waals surface area contributed by atoms with Crippen LogP contribution in [0.4, 0.5) is 37.7 Å². The van der Waals surface area contributed by atoms with E-state index >= 15 is 0 Å². The Hall–Kier alpha value is -4.31. The van der Waals surface area contributed by atoms with Crippen molar-refractivity contribution in [3.05, 3.63) is 94.9 Å². The van der Waals surface area contributed by atoms with E-state index in [4.69, 9.17) is 20.9 Å². The molecule has 1 unspecified atom stereocenters. The summed E-state index contributed by atoms with van der Waals surface area (Å²) in [7, 11) is -17.4. The molecule has 21 heteroatoms. The number of nitrogen functional groups attached to an aromatic ring is 2. The van der Waals surface area contributed by atoms with E-state index in [0.717, 1.165) is 42.5 Å². The van der Waals surface area contributed by atoms with E-state index in [1.165, 1.54) is 0 Å². The van der Waals surface area contributed by atoms with Crippen molar-refractivity contribution in [2.45, 2.75) is 27.4 Å². The third kappa shape index (κ3) is 6.88. The number of anilines is 2. The molecule has 1 atom stereocenters. The first kappa shape index (κ1) is 35.5. The van der Waals surface area contributed by atoms with Gasteiger partial charge in [-0.1, -0.05) is 0 Å². The Kier molecular flexibility index (Phi) is 8.88. The number of nitrogens with two attached hydrogens (primary N) is 2. The maximum Gasteiger partial charge on any atom is 0.420 e. The van der Waals surface area contributed by atoms with Crippen molar-refractivity contribution in [3.63, 3.8) is 0 Å². The first-order chi connectivity index (χ1) is 21.4. The standard InChI is InChI=1S/C26H20F6N2O10S3/c27-25(28,29)19-11-14(33)1-8-21(19)43-16-3-5-17(6-4-16)45(35,36)18-7-10-23(24(13-18,46(37,38)39)47(40,41)42)44-22-9-2-15(34)12-20(22)26(30,31)32/h1-13,23H,33-34H2,(H,37,38,39)(H,40,41,42). The summed E-state index contributed by atoms with van der Waals surface area (Å²) in [6, 6.07) is 7.77. The van der Waals surface area contributed by atoms with E-state index < -0.39 is 90.7 Å². The second-order valence-corrected chi connectivity index (χ2v) is 15.2. The number of sulfone groups is 1. The van der Waals surface area contributed by atoms with Crippen molar-refractivity contribution in [2.75, 3.05) is 11.5 Å². The number of alkyl halides is 6. The van der Waals surface area contributed by atoms with Crippen LogP contribution in [0.3, 0.4) is 0 Å². The molecule has 0 fully saturated rings. The first-order valence-corrected chi connectivity index (χ1v) is 16.7. The van der Waals surface area contributed by atoms with E-state index in [2.05, 4.69) is 0 Å². The predicted molar refractivity (Wildman–Crippen MR) is 153 cm³/mol. The number of benzene rings is 3. The molecular weight excluding hydrogens is 710 g/mol. The van der Waals surface area contributed by atoms with Crippen LogP contribution < -0.4 is 20.9 Å². The number of ether oxygens (including phenoxy) is 2. The second-order valence-electron chi connectivity index (χ2n) is 9.70. The Morgan fingerprint density at radius 2 is 1.17 bits per heavy atom. The van der Waals surface area contributed by atoms with Crippen LogP contribution in [0.25, 0.3) is 0 Å². The molecule has 0 saturated carbocycles. The highest BCUT2D eigenvalue weighted by molar-refractivity contribution is 8.05. The molecule has 1 aliphatic carbocycles. The molecular formula is C26H20F6N2O10S3. The molecule has 3 aromatic rings. The second kappa shape index (κ2) is 11.7. The SMILES string of the molecule is Nc1ccc(Oc2ccc(S(=O)(=O)C3=CC(S(=O)(=O)O)(S(=O)(=O)O)C(Oc4ccc(N)cc4C(F)(F)F)C=C3)cc2)c(C(F)(F)F)c1. The Balaban J connectivity index is 1.78. The minimum atomic E-state index is -6.19. The lowest BCUT2D eigenvalue weighted by atomic mass is 10.1. The number of hydrogen-bond acceptors (Lipinski definition) is 10. The molecule has 0 heterocycles. The van der Waals surface area contributed by atoms with Gasteiger partial charge in [-0.05, 0) is 78.9 Å². The Morgan fingerprint density at radius 1 is 0.702 bits per heavy atom. The van der Waals surface area contributed by atoms with Crippen LogP contribution in [0.5, 0.6) is 17.2 Å². The zero-order valence-corrected chi connectivity index (χ0v) is 25.3. The molecule has 0 aliphatic heterocycles. The van der Waals surface area contributed by atoms with E-state index in [0.29, 0.717) is 30.4 Å². The van der Waals surface area contributed by atoms with Gasteiger partial charge in [0.1, 0.15) is 22.8 Å². The lowest BCUT2D eigenvalue weighted by molar-refractivity contribution is -0.139. The van der Waals surface area contributed by atoms with Gasteiger partial charge in [0, 0.05) is 11.4 Å². The van der Waals surface area contributed by atoms with E-state index in [1.54, 1.807) is 0 Å². The largest absolute Gasteiger partial charge is 0.482 e. The monoisotopic (exact) mass is 730 g/mol. The van der Waals surface area contributed by atoms with Crippen LogP contribution in [-0.4, -0.2) is 44.5 Å². The number of halogens is 6. The summed E-state index contributed by atoms with van der Waals surface area (Å²) in [4.78, 5) is -1.93. The van der Waals surface area contributed by atoms with Gasteiger partial charge in [-0.15, -0.1) is 0 Å². The van der Waals surface area contributed by atoms with E-state index in [9.17, 15) is 60.7 Å². The van der Waals surface area contributed by atoms with Crippen LogP contribution in [0.15, 0.2) is 88.7 Å². The predicted octanol–water partition coefficient (Wildman–Crippen LogP) is 4.83. The van der Waals surface area contributed by atoms with Gasteiger partial charge in [0.05, 0.1) is 15.4 Å². The lowest BCUT2D eigenvalue weighted by Gasteiger charge is -2.34. The number of hydrogen-bond donors (Lipinski definition) is 4. The van der Waals surface area contributed by atoms with Gasteiger partial charge in [0.2, 0.25) is 9.84 Å². The fourth-order valence-electron chi connectivity index (χ4n) is 4.33. The molecule has 47 heavy (non-hydrogen) atoms. The average molecular weight is 731 g/mol. The molecule has 3 aromatic carbocycles. The zero-order valence-electron chi connectivity index (χ0n) is 22.9. The van der Waals surface area contributed by atoms with Crippen LogP contribution in [0.2, 0.25) is 0 Å². The van der Waals surface area contributed by atoms with E-state index in [-0.39, 0.29) is 17.5 Å². The molecule has 254 valence electrons. The maximum atomic E-state index is 13.6. The van der Waals surface area contributed by atoms with Gasteiger partial charge >= 0.3 is 12.4 Å². The smallest absolute Gasteiger partial charge is 0.420 e. The fraction of sp³-hybridized carbons (Fsp3) is 0.154. The maximum absolute atomic E-state index is 13.6. The van der Waals surface area contributed by atoms with Gasteiger partial charge in [0.25, 0.3) is 24.3 Å². The summed E-state index contributed by atoms with van der Waals surface area (Å²) in [6.07, 6.45) is -12.0. The van der Waals surface area contributed by atoms with Crippen molar-refractivity contribution in [1.82, 2.24) is 0 Å². The average Bonchev–Trinajstić information content (AvgIpc) is 2.93. The Bertz CT molecular complexity index is 2080. The topological polar surface area (TPSA) is 213 Å². The summed E-state index contributed by atoms with van der Waals surface area (Å²) in [6.45, 7) is 0. The summed E-state index contributed by atoms with van der Waals surface area (Å²) < 4.78 is 184. The normalized spacial score (nSPS) is 17.2. The summed E-state index contributed by atoms with van der Waals surface area (Å²) in [5, 5.41) is 0. The molecule has 0 radical (unpaired) electrons. The van der Waals surface area contributed by atoms with Crippen LogP contribution in [-0.2, 0) is 42.4 Å². The van der Waals surface area contributed by atoms with Crippen LogP contribution in [0, 0.1) is 0 Å². The number of allylic oxidation sites excluding steroid dienone is 1. The lowest BCUT2D eigenvalue weighted by Crippen LogP contribution is -2.56.